The van der Waals surface area contributed by atoms with Crippen molar-refractivity contribution < 1.29 is 51.4 Å². The topological polar surface area (TPSA) is 0 Å². The molecule has 0 aliphatic heterocycles. The summed E-state index contributed by atoms with van der Waals surface area (Å²) in [6.45, 7) is 0. The fraction of sp³-hybridized carbons (Fsp3) is 0. The molecule has 0 unspecified atom stereocenters. The van der Waals surface area contributed by atoms with E-state index < -0.39 is 0 Å². The molecule has 2 aromatic rings. The summed E-state index contributed by atoms with van der Waals surface area (Å²) >= 11 is 0. The second kappa shape index (κ2) is 4.85. The Balaban J connectivity index is 0.000000853. The van der Waals surface area contributed by atoms with Crippen molar-refractivity contribution in [3.05, 3.63) is 59.7 Å². The average Bonchev–Trinajstić information content (AvgIpc) is 2.26. The predicted molar refractivity (Wildman–Crippen MR) is 60.7 cm³/mol. The summed E-state index contributed by atoms with van der Waals surface area (Å²) in [5, 5.41) is 5.25. The number of benzene rings is 2. The van der Waals surface area contributed by atoms with Crippen LogP contribution in [0, 0.1) is 12.8 Å². The predicted octanol–water partition coefficient (Wildman–Crippen LogP) is -1.17. The van der Waals surface area contributed by atoms with Gasteiger partial charge in [-0.1, -0.05) is 36.8 Å². The molecule has 1 aliphatic rings. The maximum Gasteiger partial charge on any atom is 1.00 e. The molecular formula is C14H10K. The molecule has 0 heterocycles. The van der Waals surface area contributed by atoms with Crippen LogP contribution in [0.25, 0.3) is 22.9 Å². The van der Waals surface area contributed by atoms with Crippen LogP contribution in [0.15, 0.2) is 36.4 Å². The Hall–Kier alpha value is -0.0536. The summed E-state index contributed by atoms with van der Waals surface area (Å²) in [5.74, 6) is 0. The van der Waals surface area contributed by atoms with Crippen molar-refractivity contribution in [2.75, 3.05) is 0 Å². The molecule has 3 rings (SSSR count). The average molecular weight is 217 g/mol. The maximum absolute atomic E-state index is 2.24. The third-order valence-electron chi connectivity index (χ3n) is 2.61. The fourth-order valence-electron chi connectivity index (χ4n) is 1.88. The molecule has 0 saturated carbocycles. The van der Waals surface area contributed by atoms with Crippen LogP contribution in [0.4, 0.5) is 0 Å². The van der Waals surface area contributed by atoms with Gasteiger partial charge in [-0.3, -0.25) is 0 Å². The summed E-state index contributed by atoms with van der Waals surface area (Å²) < 4.78 is 0. The smallest absolute Gasteiger partial charge is 0.224 e. The van der Waals surface area contributed by atoms with Gasteiger partial charge in [0.05, 0.1) is 0 Å². The van der Waals surface area contributed by atoms with Gasteiger partial charge in [0.25, 0.3) is 0 Å². The molecule has 0 fully saturated rings. The van der Waals surface area contributed by atoms with E-state index in [1.165, 1.54) is 21.2 Å². The zero-order valence-electron chi connectivity index (χ0n) is 8.77. The number of hydrogen-bond acceptors (Lipinski definition) is 0. The van der Waals surface area contributed by atoms with E-state index in [1.807, 2.05) is 0 Å². The molecule has 1 heteroatoms. The fourth-order valence-corrected chi connectivity index (χ4v) is 1.88. The van der Waals surface area contributed by atoms with Crippen molar-refractivity contribution in [3.8, 4) is 0 Å². The quantitative estimate of drug-likeness (QED) is 0.385. The van der Waals surface area contributed by atoms with E-state index in [0.29, 0.717) is 0 Å². The van der Waals surface area contributed by atoms with Gasteiger partial charge in [0.2, 0.25) is 0 Å². The van der Waals surface area contributed by atoms with Crippen LogP contribution in [0.3, 0.4) is 0 Å². The van der Waals surface area contributed by atoms with E-state index in [1.54, 1.807) is 0 Å². The van der Waals surface area contributed by atoms with Crippen molar-refractivity contribution in [3.63, 3.8) is 0 Å². The molecule has 2 aromatic carbocycles. The molecule has 1 aliphatic carbocycles. The number of fused-ring (bicyclic) bond motifs is 2. The summed E-state index contributed by atoms with van der Waals surface area (Å²) in [6, 6.07) is 13.0. The molecule has 15 heavy (non-hydrogen) atoms. The Kier molecular flexibility index (Phi) is 3.70. The van der Waals surface area contributed by atoms with Crippen LogP contribution in [0.5, 0.6) is 0 Å². The first kappa shape index (κ1) is 11.4. The summed E-state index contributed by atoms with van der Waals surface area (Å²) in [7, 11) is 0. The molecule has 67 valence electrons. The first-order valence-corrected chi connectivity index (χ1v) is 4.81. The van der Waals surface area contributed by atoms with E-state index in [-0.39, 0.29) is 51.4 Å². The largest absolute Gasteiger partial charge is 1.00 e. The molecule has 0 bridgehead atoms. The first-order valence-electron chi connectivity index (χ1n) is 4.81. The standard InChI is InChI=1S/C14H10.K/c1-2-6-12-10-14-8-4-3-7-13(14)9-11(12)5-1;/h1-10H;/q-1;+1. The normalized spacial score (nSPS) is 12.8. The summed E-state index contributed by atoms with van der Waals surface area (Å²) in [4.78, 5) is 0. The van der Waals surface area contributed by atoms with Gasteiger partial charge >= 0.3 is 51.4 Å². The molecule has 0 nitrogen and oxygen atoms in total. The van der Waals surface area contributed by atoms with Crippen LogP contribution in [-0.2, 0) is 0 Å². The maximum atomic E-state index is 2.24. The minimum absolute atomic E-state index is 0. The molecule has 0 amide bonds. The number of hydrogen-bond donors (Lipinski definition) is 0. The zero-order valence-corrected chi connectivity index (χ0v) is 11.9. The van der Waals surface area contributed by atoms with Crippen molar-refractivity contribution >= 4 is 22.9 Å². The van der Waals surface area contributed by atoms with Crippen LogP contribution < -0.4 is 61.8 Å². The van der Waals surface area contributed by atoms with E-state index in [0.717, 1.165) is 0 Å². The SMILES string of the molecule is [CH]1C=c2cc3ccccc3cc2=C[CH-]1.[K+]. The summed E-state index contributed by atoms with van der Waals surface area (Å²) in [6.07, 6.45) is 8.47. The van der Waals surface area contributed by atoms with E-state index >= 15 is 0 Å². The second-order valence-corrected chi connectivity index (χ2v) is 3.55. The molecule has 0 N–H and O–H groups in total. The van der Waals surface area contributed by atoms with Gasteiger partial charge in [0.15, 0.2) is 0 Å². The van der Waals surface area contributed by atoms with Gasteiger partial charge in [-0.25, -0.2) is 12.5 Å². The van der Waals surface area contributed by atoms with Crippen molar-refractivity contribution in [1.82, 2.24) is 0 Å². The molecule has 0 saturated heterocycles. The summed E-state index contributed by atoms with van der Waals surface area (Å²) in [5.41, 5.74) is 0. The molecule has 0 spiro atoms. The van der Waals surface area contributed by atoms with E-state index in [9.17, 15) is 0 Å². The zero-order chi connectivity index (χ0) is 9.38. The Morgan fingerprint density at radius 2 is 1.53 bits per heavy atom. The van der Waals surface area contributed by atoms with Gasteiger partial charge in [-0.15, -0.1) is 17.4 Å². The Morgan fingerprint density at radius 3 is 2.27 bits per heavy atom. The molecular weight excluding hydrogens is 207 g/mol. The van der Waals surface area contributed by atoms with Crippen LogP contribution >= 0.6 is 0 Å². The third kappa shape index (κ3) is 2.22. The van der Waals surface area contributed by atoms with Crippen molar-refractivity contribution in [2.24, 2.45) is 0 Å². The number of rotatable bonds is 0. The van der Waals surface area contributed by atoms with Crippen LogP contribution in [0.1, 0.15) is 0 Å². The Morgan fingerprint density at radius 1 is 0.867 bits per heavy atom. The van der Waals surface area contributed by atoms with Crippen molar-refractivity contribution in [1.29, 1.82) is 0 Å². The first-order chi connectivity index (χ1) is 6.93. The molecule has 0 aromatic heterocycles. The van der Waals surface area contributed by atoms with Crippen molar-refractivity contribution in [2.45, 2.75) is 0 Å². The minimum Gasteiger partial charge on any atom is -0.224 e. The third-order valence-corrected chi connectivity index (χ3v) is 2.61. The van der Waals surface area contributed by atoms with Gasteiger partial charge in [-0.05, 0) is 10.8 Å². The van der Waals surface area contributed by atoms with E-state index in [2.05, 4.69) is 61.4 Å². The van der Waals surface area contributed by atoms with Gasteiger partial charge in [-0.2, -0.15) is 5.22 Å². The second-order valence-electron chi connectivity index (χ2n) is 3.55. The van der Waals surface area contributed by atoms with Gasteiger partial charge < -0.3 is 0 Å². The minimum atomic E-state index is 0. The van der Waals surface area contributed by atoms with E-state index in [4.69, 9.17) is 0 Å². The van der Waals surface area contributed by atoms with Gasteiger partial charge in [0, 0.05) is 0 Å². The van der Waals surface area contributed by atoms with Crippen LogP contribution in [-0.4, -0.2) is 0 Å². The Labute approximate surface area is 132 Å². The Bertz CT molecular complexity index is 542. The monoisotopic (exact) mass is 217 g/mol. The molecule has 1 radical (unpaired) electrons. The van der Waals surface area contributed by atoms with Gasteiger partial charge in [0.1, 0.15) is 0 Å². The molecule has 0 atom stereocenters. The van der Waals surface area contributed by atoms with Crippen LogP contribution in [0.2, 0.25) is 0 Å².